The van der Waals surface area contributed by atoms with Gasteiger partial charge in [0, 0.05) is 42.5 Å². The quantitative estimate of drug-likeness (QED) is 0.640. The number of nitrogens with one attached hydrogen (secondary N) is 2. The van der Waals surface area contributed by atoms with Crippen LogP contribution in [0.5, 0.6) is 0 Å². The van der Waals surface area contributed by atoms with Crippen molar-refractivity contribution in [2.75, 3.05) is 11.9 Å². The number of unbranched alkanes of at least 4 members (excludes halogenated alkanes) is 1. The SMILES string of the molecule is CCCCNc1ncc2c(C3CC4CCC(C3)N4)cn(C3CCC(O)CC3)c2n1. The molecule has 2 unspecified atom stereocenters. The number of piperidine rings is 1. The van der Waals surface area contributed by atoms with E-state index >= 15 is 0 Å². The summed E-state index contributed by atoms with van der Waals surface area (Å²) in [6.45, 7) is 3.12. The van der Waals surface area contributed by atoms with Gasteiger partial charge in [-0.2, -0.15) is 4.98 Å². The Bertz CT molecular complexity index is 829. The summed E-state index contributed by atoms with van der Waals surface area (Å²) in [5.74, 6) is 1.35. The molecule has 3 fully saturated rings. The molecule has 29 heavy (non-hydrogen) atoms. The van der Waals surface area contributed by atoms with Gasteiger partial charge in [0.1, 0.15) is 5.65 Å². The number of nitrogens with zero attached hydrogens (tertiary/aromatic N) is 3. The van der Waals surface area contributed by atoms with Gasteiger partial charge >= 0.3 is 0 Å². The molecule has 4 heterocycles. The van der Waals surface area contributed by atoms with Gasteiger partial charge in [0.15, 0.2) is 0 Å². The minimum atomic E-state index is -0.131. The molecule has 0 aromatic carbocycles. The normalized spacial score (nSPS) is 32.0. The van der Waals surface area contributed by atoms with E-state index in [0.29, 0.717) is 24.0 Å². The Morgan fingerprint density at radius 2 is 1.90 bits per heavy atom. The van der Waals surface area contributed by atoms with Crippen molar-refractivity contribution >= 4 is 17.0 Å². The monoisotopic (exact) mass is 397 g/mol. The number of anilines is 1. The molecule has 0 spiro atoms. The van der Waals surface area contributed by atoms with Crippen LogP contribution in [0.4, 0.5) is 5.95 Å². The largest absolute Gasteiger partial charge is 0.393 e. The minimum absolute atomic E-state index is 0.131. The first-order valence-electron chi connectivity index (χ1n) is 11.8. The van der Waals surface area contributed by atoms with Gasteiger partial charge in [0.2, 0.25) is 5.95 Å². The first kappa shape index (κ1) is 19.3. The molecule has 3 aliphatic rings. The van der Waals surface area contributed by atoms with Gasteiger partial charge in [-0.3, -0.25) is 0 Å². The molecule has 1 saturated carbocycles. The number of fused-ring (bicyclic) bond motifs is 3. The van der Waals surface area contributed by atoms with Crippen LogP contribution in [0.2, 0.25) is 0 Å². The van der Waals surface area contributed by atoms with Gasteiger partial charge in [-0.25, -0.2) is 4.98 Å². The molecular formula is C23H35N5O. The van der Waals surface area contributed by atoms with E-state index in [-0.39, 0.29) is 6.10 Å². The fourth-order valence-corrected chi connectivity index (χ4v) is 5.77. The van der Waals surface area contributed by atoms with Gasteiger partial charge in [-0.05, 0) is 69.3 Å². The lowest BCUT2D eigenvalue weighted by Gasteiger charge is -2.29. The number of hydrogen-bond donors (Lipinski definition) is 3. The second kappa shape index (κ2) is 8.23. The van der Waals surface area contributed by atoms with Crippen molar-refractivity contribution in [2.24, 2.45) is 0 Å². The van der Waals surface area contributed by atoms with Crippen molar-refractivity contribution in [1.29, 1.82) is 0 Å². The predicted octanol–water partition coefficient (Wildman–Crippen LogP) is 4.12. The molecule has 2 aromatic heterocycles. The molecule has 2 aliphatic heterocycles. The number of hydrogen-bond acceptors (Lipinski definition) is 5. The third-order valence-corrected chi connectivity index (χ3v) is 7.39. The minimum Gasteiger partial charge on any atom is -0.393 e. The molecule has 0 radical (unpaired) electrons. The number of aliphatic hydroxyl groups is 1. The summed E-state index contributed by atoms with van der Waals surface area (Å²) >= 11 is 0. The van der Waals surface area contributed by atoms with Gasteiger partial charge in [-0.1, -0.05) is 13.3 Å². The zero-order valence-electron chi connectivity index (χ0n) is 17.6. The van der Waals surface area contributed by atoms with Crippen LogP contribution in [0.25, 0.3) is 11.0 Å². The summed E-state index contributed by atoms with van der Waals surface area (Å²) in [6, 6.07) is 1.79. The lowest BCUT2D eigenvalue weighted by atomic mass is 9.86. The van der Waals surface area contributed by atoms with E-state index in [1.807, 2.05) is 0 Å². The third-order valence-electron chi connectivity index (χ3n) is 7.39. The highest BCUT2D eigenvalue weighted by atomic mass is 16.3. The lowest BCUT2D eigenvalue weighted by Crippen LogP contribution is -2.37. The van der Waals surface area contributed by atoms with E-state index in [9.17, 15) is 5.11 Å². The summed E-state index contributed by atoms with van der Waals surface area (Å²) in [5.41, 5.74) is 2.53. The van der Waals surface area contributed by atoms with Crippen molar-refractivity contribution in [1.82, 2.24) is 19.9 Å². The van der Waals surface area contributed by atoms with Crippen molar-refractivity contribution in [3.63, 3.8) is 0 Å². The molecule has 5 rings (SSSR count). The van der Waals surface area contributed by atoms with Crippen molar-refractivity contribution in [2.45, 2.75) is 101 Å². The molecule has 1 aliphatic carbocycles. The van der Waals surface area contributed by atoms with E-state index in [0.717, 1.165) is 56.7 Å². The highest BCUT2D eigenvalue weighted by Gasteiger charge is 2.36. The van der Waals surface area contributed by atoms with E-state index in [1.165, 1.54) is 36.6 Å². The molecule has 2 aromatic rings. The standard InChI is InChI=1S/C23H35N5O/c1-2-3-10-24-23-25-13-20-21(15-11-16-4-5-17(12-15)26-16)14-28(22(20)27-23)18-6-8-19(29)9-7-18/h13-19,26,29H,2-12H2,1H3,(H,24,25,27). The Morgan fingerprint density at radius 3 is 2.62 bits per heavy atom. The second-order valence-electron chi connectivity index (χ2n) is 9.47. The van der Waals surface area contributed by atoms with E-state index in [2.05, 4.69) is 39.5 Å². The van der Waals surface area contributed by atoms with Crippen LogP contribution in [0, 0.1) is 0 Å². The molecule has 2 bridgehead atoms. The summed E-state index contributed by atoms with van der Waals surface area (Å²) in [4.78, 5) is 9.64. The van der Waals surface area contributed by atoms with Crippen LogP contribution in [0.1, 0.15) is 88.7 Å². The van der Waals surface area contributed by atoms with E-state index in [1.54, 1.807) is 0 Å². The summed E-state index contributed by atoms with van der Waals surface area (Å²) in [7, 11) is 0. The highest BCUT2D eigenvalue weighted by Crippen LogP contribution is 2.42. The molecular weight excluding hydrogens is 362 g/mol. The first-order chi connectivity index (χ1) is 14.2. The molecule has 6 heteroatoms. The fraction of sp³-hybridized carbons (Fsp3) is 0.739. The molecule has 158 valence electrons. The summed E-state index contributed by atoms with van der Waals surface area (Å²) < 4.78 is 2.42. The van der Waals surface area contributed by atoms with Crippen LogP contribution in [0.3, 0.4) is 0 Å². The predicted molar refractivity (Wildman–Crippen MR) is 116 cm³/mol. The average molecular weight is 398 g/mol. The number of aromatic nitrogens is 3. The zero-order chi connectivity index (χ0) is 19.8. The third kappa shape index (κ3) is 3.89. The maximum Gasteiger partial charge on any atom is 0.224 e. The summed E-state index contributed by atoms with van der Waals surface area (Å²) in [6.07, 6.45) is 15.6. The van der Waals surface area contributed by atoms with Gasteiger partial charge in [0.25, 0.3) is 0 Å². The number of aliphatic hydroxyl groups excluding tert-OH is 1. The van der Waals surface area contributed by atoms with Crippen molar-refractivity contribution in [3.05, 3.63) is 18.0 Å². The Kier molecular flexibility index (Phi) is 5.48. The van der Waals surface area contributed by atoms with Crippen LogP contribution in [0.15, 0.2) is 12.4 Å². The topological polar surface area (TPSA) is 75.0 Å². The van der Waals surface area contributed by atoms with Gasteiger partial charge in [0.05, 0.1) is 6.10 Å². The van der Waals surface area contributed by atoms with Crippen LogP contribution >= 0.6 is 0 Å². The second-order valence-corrected chi connectivity index (χ2v) is 9.47. The Hall–Kier alpha value is -1.66. The molecule has 6 nitrogen and oxygen atoms in total. The lowest BCUT2D eigenvalue weighted by molar-refractivity contribution is 0.111. The number of rotatable bonds is 6. The van der Waals surface area contributed by atoms with Crippen LogP contribution in [-0.2, 0) is 0 Å². The Balaban J connectivity index is 1.49. The first-order valence-corrected chi connectivity index (χ1v) is 11.8. The molecule has 0 amide bonds. The van der Waals surface area contributed by atoms with Crippen molar-refractivity contribution in [3.8, 4) is 0 Å². The van der Waals surface area contributed by atoms with E-state index < -0.39 is 0 Å². The van der Waals surface area contributed by atoms with Gasteiger partial charge < -0.3 is 20.3 Å². The smallest absolute Gasteiger partial charge is 0.224 e. The highest BCUT2D eigenvalue weighted by molar-refractivity contribution is 5.81. The maximum absolute atomic E-state index is 9.97. The zero-order valence-corrected chi connectivity index (χ0v) is 17.6. The Morgan fingerprint density at radius 1 is 1.14 bits per heavy atom. The average Bonchev–Trinajstić information content (AvgIpc) is 3.28. The molecule has 2 saturated heterocycles. The fourth-order valence-electron chi connectivity index (χ4n) is 5.77. The van der Waals surface area contributed by atoms with E-state index in [4.69, 9.17) is 4.98 Å². The van der Waals surface area contributed by atoms with Crippen LogP contribution < -0.4 is 10.6 Å². The molecule has 2 atom stereocenters. The van der Waals surface area contributed by atoms with Gasteiger partial charge in [-0.15, -0.1) is 0 Å². The summed E-state index contributed by atoms with van der Waals surface area (Å²) in [5, 5.41) is 18.4. The van der Waals surface area contributed by atoms with Crippen LogP contribution in [-0.4, -0.2) is 44.4 Å². The maximum atomic E-state index is 9.97. The molecule has 3 N–H and O–H groups in total. The van der Waals surface area contributed by atoms with Crippen molar-refractivity contribution < 1.29 is 5.11 Å². The Labute approximate surface area is 173 Å².